The highest BCUT2D eigenvalue weighted by molar-refractivity contribution is 5.76. The van der Waals surface area contributed by atoms with E-state index in [1.165, 1.54) is 0 Å². The Balaban J connectivity index is 1.98. The van der Waals surface area contributed by atoms with Gasteiger partial charge in [-0.1, -0.05) is 6.92 Å². The number of likely N-dealkylation sites (tertiary alicyclic amines) is 2. The van der Waals surface area contributed by atoms with Crippen molar-refractivity contribution in [1.29, 1.82) is 0 Å². The molecule has 0 bridgehead atoms. The number of halogens is 3. The summed E-state index contributed by atoms with van der Waals surface area (Å²) in [6.45, 7) is 4.74. The molecule has 2 rings (SSSR count). The number of carboxylic acids is 1. The van der Waals surface area contributed by atoms with Gasteiger partial charge < -0.3 is 10.0 Å². The van der Waals surface area contributed by atoms with Crippen LogP contribution in [-0.2, 0) is 4.79 Å². The molecule has 2 heterocycles. The lowest BCUT2D eigenvalue weighted by molar-refractivity contribution is -0.228. The molecule has 4 nitrogen and oxygen atoms in total. The molecule has 7 heteroatoms. The lowest BCUT2D eigenvalue weighted by Gasteiger charge is -2.37. The molecule has 2 saturated heterocycles. The molecule has 1 atom stereocenters. The smallest absolute Gasteiger partial charge is 0.406 e. The number of carboxylic acid groups (broad SMARTS) is 1. The van der Waals surface area contributed by atoms with E-state index < -0.39 is 24.1 Å². The van der Waals surface area contributed by atoms with Gasteiger partial charge in [0.2, 0.25) is 0 Å². The minimum absolute atomic E-state index is 0.0849. The zero-order valence-electron chi connectivity index (χ0n) is 12.3. The van der Waals surface area contributed by atoms with Crippen LogP contribution in [0.1, 0.15) is 32.6 Å². The molecule has 0 aromatic rings. The number of alkyl halides is 3. The second-order valence-electron chi connectivity index (χ2n) is 6.18. The molecule has 1 N–H and O–H groups in total. The highest BCUT2D eigenvalue weighted by Gasteiger charge is 2.64. The maximum Gasteiger partial charge on any atom is 0.406 e. The molecule has 122 valence electrons. The first kappa shape index (κ1) is 16.5. The molecule has 0 radical (unpaired) electrons. The van der Waals surface area contributed by atoms with E-state index in [-0.39, 0.29) is 19.0 Å². The molecule has 1 unspecified atom stereocenters. The molecule has 0 aromatic heterocycles. The first-order valence-corrected chi connectivity index (χ1v) is 7.56. The van der Waals surface area contributed by atoms with Crippen molar-refractivity contribution in [2.75, 3.05) is 32.7 Å². The van der Waals surface area contributed by atoms with Crippen molar-refractivity contribution < 1.29 is 23.1 Å². The van der Waals surface area contributed by atoms with Crippen molar-refractivity contribution in [3.8, 4) is 0 Å². The number of hydrogen-bond donors (Lipinski definition) is 1. The Bertz CT molecular complexity index is 381. The van der Waals surface area contributed by atoms with Crippen LogP contribution >= 0.6 is 0 Å². The van der Waals surface area contributed by atoms with Gasteiger partial charge in [-0.2, -0.15) is 13.2 Å². The summed E-state index contributed by atoms with van der Waals surface area (Å²) in [7, 11) is 0. The van der Waals surface area contributed by atoms with E-state index in [9.17, 15) is 18.0 Å². The second kappa shape index (κ2) is 6.12. The van der Waals surface area contributed by atoms with Gasteiger partial charge in [-0.3, -0.25) is 9.69 Å². The number of nitrogens with zero attached hydrogens (tertiary/aromatic N) is 2. The van der Waals surface area contributed by atoms with E-state index in [1.807, 2.05) is 0 Å². The molecule has 2 fully saturated rings. The van der Waals surface area contributed by atoms with Crippen LogP contribution in [-0.4, -0.2) is 65.8 Å². The van der Waals surface area contributed by atoms with Crippen molar-refractivity contribution in [1.82, 2.24) is 9.80 Å². The van der Waals surface area contributed by atoms with Crippen LogP contribution in [0.5, 0.6) is 0 Å². The summed E-state index contributed by atoms with van der Waals surface area (Å²) >= 11 is 0. The fraction of sp³-hybridized carbons (Fsp3) is 0.929. The van der Waals surface area contributed by atoms with Crippen LogP contribution in [0.15, 0.2) is 0 Å². The molecule has 0 aromatic carbocycles. The van der Waals surface area contributed by atoms with Gasteiger partial charge in [0.25, 0.3) is 0 Å². The SMILES string of the molecule is CCCN1CCC(N2CCC(C(=O)O)(C(F)(F)F)C2)CC1. The first-order valence-electron chi connectivity index (χ1n) is 7.56. The van der Waals surface area contributed by atoms with Crippen molar-refractivity contribution in [3.63, 3.8) is 0 Å². The summed E-state index contributed by atoms with van der Waals surface area (Å²) < 4.78 is 39.5. The van der Waals surface area contributed by atoms with Gasteiger partial charge in [-0.15, -0.1) is 0 Å². The van der Waals surface area contributed by atoms with E-state index in [4.69, 9.17) is 5.11 Å². The molecule has 2 aliphatic heterocycles. The predicted octanol–water partition coefficient (Wildman–Crippen LogP) is 2.20. The number of carbonyl (C=O) groups is 1. The lowest BCUT2D eigenvalue weighted by Crippen LogP contribution is -2.50. The molecule has 0 saturated carbocycles. The van der Waals surface area contributed by atoms with Gasteiger partial charge in [0, 0.05) is 12.6 Å². The van der Waals surface area contributed by atoms with Crippen LogP contribution in [0.3, 0.4) is 0 Å². The molecular formula is C14H23F3N2O2. The monoisotopic (exact) mass is 308 g/mol. The maximum absolute atomic E-state index is 13.2. The van der Waals surface area contributed by atoms with E-state index in [0.29, 0.717) is 0 Å². The van der Waals surface area contributed by atoms with Gasteiger partial charge in [-0.05, 0) is 51.9 Å². The third kappa shape index (κ3) is 3.18. The number of rotatable bonds is 4. The van der Waals surface area contributed by atoms with Crippen molar-refractivity contribution >= 4 is 5.97 Å². The third-order valence-corrected chi connectivity index (χ3v) is 4.86. The Labute approximate surface area is 122 Å². The minimum Gasteiger partial charge on any atom is -0.481 e. The summed E-state index contributed by atoms with van der Waals surface area (Å²) in [5.41, 5.74) is -2.58. The summed E-state index contributed by atoms with van der Waals surface area (Å²) in [6, 6.07) is 0.0849. The van der Waals surface area contributed by atoms with Crippen LogP contribution in [0.2, 0.25) is 0 Å². The number of hydrogen-bond acceptors (Lipinski definition) is 3. The van der Waals surface area contributed by atoms with Crippen LogP contribution in [0, 0.1) is 5.41 Å². The Hall–Kier alpha value is -0.820. The Morgan fingerprint density at radius 1 is 1.29 bits per heavy atom. The molecule has 21 heavy (non-hydrogen) atoms. The highest BCUT2D eigenvalue weighted by Crippen LogP contribution is 2.46. The van der Waals surface area contributed by atoms with E-state index >= 15 is 0 Å². The fourth-order valence-corrected chi connectivity index (χ4v) is 3.50. The van der Waals surface area contributed by atoms with Crippen LogP contribution in [0.25, 0.3) is 0 Å². The lowest BCUT2D eigenvalue weighted by atomic mass is 9.86. The summed E-state index contributed by atoms with van der Waals surface area (Å²) in [5.74, 6) is -1.74. The molecule has 0 amide bonds. The van der Waals surface area contributed by atoms with Gasteiger partial charge in [0.15, 0.2) is 5.41 Å². The van der Waals surface area contributed by atoms with Crippen LogP contribution in [0.4, 0.5) is 13.2 Å². The molecule has 0 aliphatic carbocycles. The maximum atomic E-state index is 13.2. The molecular weight excluding hydrogens is 285 g/mol. The van der Waals surface area contributed by atoms with Gasteiger partial charge >= 0.3 is 12.1 Å². The Morgan fingerprint density at radius 2 is 1.90 bits per heavy atom. The zero-order chi connectivity index (χ0) is 15.7. The third-order valence-electron chi connectivity index (χ3n) is 4.86. The minimum atomic E-state index is -4.68. The summed E-state index contributed by atoms with van der Waals surface area (Å²) in [6.07, 6.45) is -2.29. The highest BCUT2D eigenvalue weighted by atomic mass is 19.4. The predicted molar refractivity (Wildman–Crippen MR) is 72.1 cm³/mol. The molecule has 0 spiro atoms. The van der Waals surface area contributed by atoms with Crippen molar-refractivity contribution in [3.05, 3.63) is 0 Å². The summed E-state index contributed by atoms with van der Waals surface area (Å²) in [4.78, 5) is 15.2. The van der Waals surface area contributed by atoms with Gasteiger partial charge in [0.05, 0.1) is 0 Å². The number of piperidine rings is 1. The average Bonchev–Trinajstić information content (AvgIpc) is 2.86. The second-order valence-corrected chi connectivity index (χ2v) is 6.18. The Morgan fingerprint density at radius 3 is 2.33 bits per heavy atom. The van der Waals surface area contributed by atoms with Crippen molar-refractivity contribution in [2.45, 2.75) is 44.8 Å². The average molecular weight is 308 g/mol. The molecule has 2 aliphatic rings. The zero-order valence-corrected chi connectivity index (χ0v) is 12.3. The summed E-state index contributed by atoms with van der Waals surface area (Å²) in [5, 5.41) is 9.07. The quantitative estimate of drug-likeness (QED) is 0.865. The van der Waals surface area contributed by atoms with Gasteiger partial charge in [0.1, 0.15) is 0 Å². The normalized spacial score (nSPS) is 29.9. The Kier molecular flexibility index (Phi) is 4.82. The standard InChI is InChI=1S/C14H23F3N2O2/c1-2-6-18-7-3-11(4-8-18)19-9-5-13(10-19,12(20)21)14(15,16)17/h11H,2-10H2,1H3,(H,20,21). The topological polar surface area (TPSA) is 43.8 Å². The van der Waals surface area contributed by atoms with E-state index in [2.05, 4.69) is 11.8 Å². The fourth-order valence-electron chi connectivity index (χ4n) is 3.50. The van der Waals surface area contributed by atoms with Gasteiger partial charge in [-0.25, -0.2) is 0 Å². The largest absolute Gasteiger partial charge is 0.481 e. The van der Waals surface area contributed by atoms with Crippen molar-refractivity contribution in [2.24, 2.45) is 5.41 Å². The van der Waals surface area contributed by atoms with Crippen LogP contribution < -0.4 is 0 Å². The van der Waals surface area contributed by atoms with E-state index in [1.54, 1.807) is 4.90 Å². The van der Waals surface area contributed by atoms with E-state index in [0.717, 1.165) is 38.9 Å². The first-order chi connectivity index (χ1) is 9.80. The number of aliphatic carboxylic acids is 1.